The molecule has 0 saturated heterocycles. The minimum absolute atomic E-state index is 0.401. The zero-order chi connectivity index (χ0) is 45.3. The summed E-state index contributed by atoms with van der Waals surface area (Å²) in [5.41, 5.74) is 9.26. The topological polar surface area (TPSA) is 0 Å². The van der Waals surface area contributed by atoms with Gasteiger partial charge in [0.25, 0.3) is 0 Å². The second kappa shape index (κ2) is 14.3. The van der Waals surface area contributed by atoms with Crippen LogP contribution < -0.4 is 0 Å². The first-order valence-electron chi connectivity index (χ1n) is 27.9. The second-order valence-corrected chi connectivity index (χ2v) is 30.6. The number of hydrogen-bond donors (Lipinski definition) is 0. The lowest BCUT2D eigenvalue weighted by Crippen LogP contribution is -2.66. The molecule has 8 fully saturated rings. The van der Waals surface area contributed by atoms with Gasteiger partial charge in [0.1, 0.15) is 0 Å². The highest BCUT2D eigenvalue weighted by atomic mass is 14.8. The van der Waals surface area contributed by atoms with E-state index in [1.54, 1.807) is 5.57 Å². The summed E-state index contributed by atoms with van der Waals surface area (Å²) in [6.45, 7) is 47.6. The smallest absolute Gasteiger partial charge is 0.0113 e. The normalized spacial score (nSPS) is 56.7. The van der Waals surface area contributed by atoms with Crippen molar-refractivity contribution in [1.82, 2.24) is 0 Å². The van der Waals surface area contributed by atoms with E-state index in [0.29, 0.717) is 59.6 Å². The van der Waals surface area contributed by atoms with E-state index in [1.165, 1.54) is 122 Å². The van der Waals surface area contributed by atoms with Gasteiger partial charge in [0, 0.05) is 0 Å². The monoisotopic (exact) mass is 849 g/mol. The van der Waals surface area contributed by atoms with Crippen molar-refractivity contribution in [3.63, 3.8) is 0 Å². The van der Waals surface area contributed by atoms with Gasteiger partial charge in [-0.05, 0) is 248 Å². The van der Waals surface area contributed by atoms with Crippen LogP contribution in [0.25, 0.3) is 0 Å². The molecule has 0 amide bonds. The van der Waals surface area contributed by atoms with Gasteiger partial charge in [0.2, 0.25) is 0 Å². The van der Waals surface area contributed by atoms with E-state index < -0.39 is 0 Å². The minimum atomic E-state index is 0.401. The van der Waals surface area contributed by atoms with Crippen LogP contribution in [-0.4, -0.2) is 0 Å². The molecule has 0 aromatic rings. The molecular formula is C62H104. The Morgan fingerprint density at radius 2 is 0.952 bits per heavy atom. The van der Waals surface area contributed by atoms with Crippen molar-refractivity contribution >= 4 is 0 Å². The summed E-state index contributed by atoms with van der Waals surface area (Å²) in [6.07, 6.45) is 33.2. The summed E-state index contributed by atoms with van der Waals surface area (Å²) in [6, 6.07) is 0. The lowest BCUT2D eigenvalue weighted by atomic mass is 9.31. The van der Waals surface area contributed by atoms with Crippen LogP contribution in [0.3, 0.4) is 0 Å². The summed E-state index contributed by atoms with van der Waals surface area (Å²) in [5, 5.41) is 0. The Morgan fingerprint density at radius 3 is 1.52 bits per heavy atom. The van der Waals surface area contributed by atoms with E-state index in [1.807, 2.05) is 5.57 Å². The zero-order valence-corrected chi connectivity index (χ0v) is 44.9. The lowest BCUT2D eigenvalue weighted by molar-refractivity contribution is -0.245. The molecule has 10 aliphatic rings. The Labute approximate surface area is 387 Å². The first kappa shape index (κ1) is 46.6. The van der Waals surface area contributed by atoms with Crippen molar-refractivity contribution in [2.45, 2.75) is 247 Å². The molecule has 62 heavy (non-hydrogen) atoms. The molecule has 10 rings (SSSR count). The Hall–Kier alpha value is -0.520. The van der Waals surface area contributed by atoms with E-state index in [2.05, 4.69) is 137 Å². The van der Waals surface area contributed by atoms with Crippen molar-refractivity contribution in [1.29, 1.82) is 0 Å². The number of allylic oxidation sites excluding steroid dienone is 4. The van der Waals surface area contributed by atoms with Crippen LogP contribution in [-0.2, 0) is 0 Å². The second-order valence-electron chi connectivity index (χ2n) is 30.6. The van der Waals surface area contributed by atoms with Crippen LogP contribution in [0, 0.1) is 119 Å². The van der Waals surface area contributed by atoms with Gasteiger partial charge >= 0.3 is 0 Å². The maximum absolute atomic E-state index is 2.80. The molecule has 0 heterocycles. The van der Waals surface area contributed by atoms with Gasteiger partial charge in [-0.3, -0.25) is 0 Å². The van der Waals surface area contributed by atoms with Crippen LogP contribution in [0.15, 0.2) is 23.3 Å². The number of rotatable bonds is 0. The fourth-order valence-corrected chi connectivity index (χ4v) is 22.3. The zero-order valence-electron chi connectivity index (χ0n) is 44.9. The SMILES string of the molecule is CC1=CC[C@]2(C)CC[C@]3(C)C(CC[C@@H]4[C@@]5(C)CCC(C)C(C)(C)[C@@H]5CC[C@]43C)C2C1C.CC1CC[C@]2(C)[C@H]3CCC4C5=CC(C)(C)CC[C@]5(C)CC[C@@]4(C)[C@]3(C)CC[C@H]2C1(C)C. The largest absolute Gasteiger partial charge is 0.0848 e. The first-order chi connectivity index (χ1) is 28.5. The number of hydrogen-bond acceptors (Lipinski definition) is 0. The summed E-state index contributed by atoms with van der Waals surface area (Å²) in [5.74, 6) is 8.93. The van der Waals surface area contributed by atoms with Crippen LogP contribution in [0.2, 0.25) is 0 Å². The Balaban J connectivity index is 0.000000158. The van der Waals surface area contributed by atoms with E-state index in [0.717, 1.165) is 59.2 Å². The fourth-order valence-electron chi connectivity index (χ4n) is 22.3. The van der Waals surface area contributed by atoms with Crippen molar-refractivity contribution in [3.05, 3.63) is 23.3 Å². The molecule has 0 bridgehead atoms. The Bertz CT molecular complexity index is 1820. The summed E-state index contributed by atoms with van der Waals surface area (Å²) < 4.78 is 0. The average Bonchev–Trinajstić information content (AvgIpc) is 3.18. The molecule has 6 unspecified atom stereocenters. The van der Waals surface area contributed by atoms with Crippen LogP contribution >= 0.6 is 0 Å². The molecule has 0 aromatic carbocycles. The van der Waals surface area contributed by atoms with Crippen LogP contribution in [0.1, 0.15) is 247 Å². The summed E-state index contributed by atoms with van der Waals surface area (Å²) in [4.78, 5) is 0. The maximum Gasteiger partial charge on any atom is -0.0113 e. The highest BCUT2D eigenvalue weighted by Gasteiger charge is 2.71. The van der Waals surface area contributed by atoms with Gasteiger partial charge in [-0.25, -0.2) is 0 Å². The van der Waals surface area contributed by atoms with E-state index in [9.17, 15) is 0 Å². The maximum atomic E-state index is 2.80. The molecule has 0 N–H and O–H groups in total. The third-order valence-electron chi connectivity index (χ3n) is 27.6. The molecule has 352 valence electrons. The van der Waals surface area contributed by atoms with Crippen molar-refractivity contribution in [2.75, 3.05) is 0 Å². The summed E-state index contributed by atoms with van der Waals surface area (Å²) >= 11 is 0. The van der Waals surface area contributed by atoms with Gasteiger partial charge in [-0.1, -0.05) is 141 Å². The molecule has 0 aromatic heterocycles. The molecule has 0 nitrogen and oxygen atoms in total. The molecule has 8 saturated carbocycles. The highest BCUT2D eigenvalue weighted by molar-refractivity contribution is 5.32. The fraction of sp³-hybridized carbons (Fsp3) is 0.935. The first-order valence-corrected chi connectivity index (χ1v) is 27.9. The van der Waals surface area contributed by atoms with Crippen LogP contribution in [0.5, 0.6) is 0 Å². The molecule has 0 heteroatoms. The average molecular weight is 850 g/mol. The molecule has 0 radical (unpaired) electrons. The predicted octanol–water partition coefficient (Wildman–Crippen LogP) is 18.7. The van der Waals surface area contributed by atoms with Crippen LogP contribution in [0.4, 0.5) is 0 Å². The van der Waals surface area contributed by atoms with E-state index in [-0.39, 0.29) is 0 Å². The highest BCUT2D eigenvalue weighted by Crippen LogP contribution is 2.79. The van der Waals surface area contributed by atoms with Gasteiger partial charge in [-0.2, -0.15) is 0 Å². The Morgan fingerprint density at radius 1 is 0.452 bits per heavy atom. The molecule has 0 spiro atoms. The van der Waals surface area contributed by atoms with Crippen molar-refractivity contribution in [3.8, 4) is 0 Å². The van der Waals surface area contributed by atoms with E-state index in [4.69, 9.17) is 0 Å². The van der Waals surface area contributed by atoms with Crippen molar-refractivity contribution < 1.29 is 0 Å². The lowest BCUT2D eigenvalue weighted by Gasteiger charge is -2.73. The molecule has 0 aliphatic heterocycles. The standard InChI is InChI=1S/2C31H52/c1-20-12-15-28(6)18-19-30(8)23(26(28)22(20)3)10-11-25-29(7)16-13-21(2)27(4,5)24(29)14-17-31(25,30)9;1-21-12-14-29(7)24(27(21,4)5)13-15-31(9)25(29)11-10-22-23-20-26(2,3)16-17-28(23,6)18-19-30(22,31)8/h12,21-26H,10-11,13-19H2,1-9H3;20-22,24-25H,10-19H2,1-9H3/t21?,22?,23?,24-,25+,26?,28+,29-,30+,31+;21?,22?,24-,25+,28+,29-,30+,31+/m00/s1. The predicted molar refractivity (Wildman–Crippen MR) is 268 cm³/mol. The summed E-state index contributed by atoms with van der Waals surface area (Å²) in [7, 11) is 0. The van der Waals surface area contributed by atoms with E-state index >= 15 is 0 Å². The molecule has 10 aliphatic carbocycles. The molecular weight excluding hydrogens is 745 g/mol. The van der Waals surface area contributed by atoms with Gasteiger partial charge in [0.15, 0.2) is 0 Å². The van der Waals surface area contributed by atoms with Gasteiger partial charge < -0.3 is 0 Å². The quantitative estimate of drug-likeness (QED) is 0.213. The third kappa shape index (κ3) is 6.04. The third-order valence-corrected chi connectivity index (χ3v) is 27.6. The molecule has 18 atom stereocenters. The minimum Gasteiger partial charge on any atom is -0.0848 e. The van der Waals surface area contributed by atoms with Gasteiger partial charge in [-0.15, -0.1) is 0 Å². The Kier molecular flexibility index (Phi) is 10.7. The van der Waals surface area contributed by atoms with Gasteiger partial charge in [0.05, 0.1) is 0 Å². The van der Waals surface area contributed by atoms with Crippen molar-refractivity contribution in [2.24, 2.45) is 119 Å². The number of fused-ring (bicyclic) bond motifs is 14.